The van der Waals surface area contributed by atoms with Crippen LogP contribution in [0, 0.1) is 0 Å². The summed E-state index contributed by atoms with van der Waals surface area (Å²) in [7, 11) is 0. The molecule has 0 bridgehead atoms. The van der Waals surface area contributed by atoms with Crippen molar-refractivity contribution in [2.45, 2.75) is 6.92 Å². The molecule has 0 saturated carbocycles. The highest BCUT2D eigenvalue weighted by atomic mass is 16.5. The first-order chi connectivity index (χ1) is 13.5. The molecule has 3 aromatic rings. The summed E-state index contributed by atoms with van der Waals surface area (Å²) in [4.78, 5) is 42.6. The van der Waals surface area contributed by atoms with E-state index in [-0.39, 0.29) is 34.6 Å². The lowest BCUT2D eigenvalue weighted by Gasteiger charge is -2.06. The maximum absolute atomic E-state index is 12.2. The molecule has 28 heavy (non-hydrogen) atoms. The molecule has 3 rings (SSSR count). The predicted molar refractivity (Wildman–Crippen MR) is 104 cm³/mol. The molecule has 8 heteroatoms. The van der Waals surface area contributed by atoms with E-state index in [1.807, 2.05) is 0 Å². The number of aromatic amines is 1. The largest absolute Gasteiger partial charge is 0.506 e. The van der Waals surface area contributed by atoms with Crippen molar-refractivity contribution in [1.29, 1.82) is 0 Å². The van der Waals surface area contributed by atoms with Crippen LogP contribution >= 0.6 is 0 Å². The number of carbonyl (C=O) groups excluding carboxylic acids is 1. The molecule has 2 N–H and O–H groups in total. The number of hydrogen-bond acceptors (Lipinski definition) is 7. The molecule has 0 amide bonds. The summed E-state index contributed by atoms with van der Waals surface area (Å²) in [6, 6.07) is 11.0. The topological polar surface area (TPSA) is 122 Å². The fourth-order valence-corrected chi connectivity index (χ4v) is 2.44. The number of esters is 1. The van der Waals surface area contributed by atoms with Crippen LogP contribution in [0.4, 0.5) is 5.69 Å². The Balaban J connectivity index is 2.10. The number of hydrogen-bond donors (Lipinski definition) is 2. The van der Waals surface area contributed by atoms with Gasteiger partial charge < -0.3 is 19.2 Å². The Bertz CT molecular complexity index is 1190. The van der Waals surface area contributed by atoms with Crippen LogP contribution in [0.15, 0.2) is 73.2 Å². The van der Waals surface area contributed by atoms with Crippen LogP contribution in [0.25, 0.3) is 16.7 Å². The Labute approximate surface area is 158 Å². The van der Waals surface area contributed by atoms with Crippen LogP contribution in [0.1, 0.15) is 12.5 Å². The zero-order valence-electron chi connectivity index (χ0n) is 14.8. The van der Waals surface area contributed by atoms with E-state index in [9.17, 15) is 19.5 Å². The molecule has 142 valence electrons. The predicted octanol–water partition coefficient (Wildman–Crippen LogP) is 2.72. The smallest absolute Gasteiger partial charge is 0.362 e. The summed E-state index contributed by atoms with van der Waals surface area (Å²) in [6.45, 7) is 1.71. The van der Waals surface area contributed by atoms with E-state index in [1.165, 1.54) is 18.3 Å². The fraction of sp³-hybridized carbons (Fsp3) is 0.100. The van der Waals surface area contributed by atoms with Crippen LogP contribution in [0.5, 0.6) is 0 Å². The van der Waals surface area contributed by atoms with Crippen molar-refractivity contribution >= 4 is 34.6 Å². The van der Waals surface area contributed by atoms with Gasteiger partial charge in [0.25, 0.3) is 5.56 Å². The monoisotopic (exact) mass is 380 g/mol. The van der Waals surface area contributed by atoms with Crippen molar-refractivity contribution in [3.05, 3.63) is 80.6 Å². The number of aliphatic hydroxyl groups is 1. The van der Waals surface area contributed by atoms with Gasteiger partial charge >= 0.3 is 11.6 Å². The molecule has 0 spiro atoms. The summed E-state index contributed by atoms with van der Waals surface area (Å²) in [6.07, 6.45) is 2.37. The Morgan fingerprint density at radius 3 is 2.71 bits per heavy atom. The highest BCUT2D eigenvalue weighted by Gasteiger charge is 2.17. The van der Waals surface area contributed by atoms with E-state index in [4.69, 9.17) is 9.15 Å². The van der Waals surface area contributed by atoms with Gasteiger partial charge in [0.05, 0.1) is 12.0 Å². The number of rotatable bonds is 5. The van der Waals surface area contributed by atoms with Crippen LogP contribution in [0.3, 0.4) is 0 Å². The fourth-order valence-electron chi connectivity index (χ4n) is 2.44. The summed E-state index contributed by atoms with van der Waals surface area (Å²) < 4.78 is 10.0. The van der Waals surface area contributed by atoms with Crippen molar-refractivity contribution < 1.29 is 19.1 Å². The Morgan fingerprint density at radius 1 is 1.25 bits per heavy atom. The lowest BCUT2D eigenvalue weighted by Crippen LogP contribution is -2.12. The second-order valence-electron chi connectivity index (χ2n) is 5.61. The number of fused-ring (bicyclic) bond motifs is 1. The molecule has 0 saturated heterocycles. The van der Waals surface area contributed by atoms with Crippen molar-refractivity contribution in [1.82, 2.24) is 4.98 Å². The van der Waals surface area contributed by atoms with E-state index in [0.717, 1.165) is 6.21 Å². The first kappa shape index (κ1) is 18.8. The van der Waals surface area contributed by atoms with E-state index < -0.39 is 17.2 Å². The number of aromatic nitrogens is 1. The second-order valence-corrected chi connectivity index (χ2v) is 5.61. The van der Waals surface area contributed by atoms with Gasteiger partial charge in [-0.15, -0.1) is 0 Å². The third-order valence-electron chi connectivity index (χ3n) is 3.78. The first-order valence-electron chi connectivity index (χ1n) is 8.36. The number of nitrogens with one attached hydrogen (secondary N) is 1. The van der Waals surface area contributed by atoms with Crippen molar-refractivity contribution in [2.24, 2.45) is 4.99 Å². The van der Waals surface area contributed by atoms with Gasteiger partial charge in [-0.1, -0.05) is 30.3 Å². The maximum atomic E-state index is 12.2. The number of ether oxygens (including phenoxy) is 1. The third-order valence-corrected chi connectivity index (χ3v) is 3.78. The minimum absolute atomic E-state index is 0.0890. The van der Waals surface area contributed by atoms with Crippen LogP contribution in [0.2, 0.25) is 0 Å². The Hall–Kier alpha value is -3.94. The molecule has 0 aliphatic heterocycles. The van der Waals surface area contributed by atoms with Gasteiger partial charge in [-0.05, 0) is 19.1 Å². The zero-order valence-corrected chi connectivity index (χ0v) is 14.8. The van der Waals surface area contributed by atoms with Gasteiger partial charge in [0.15, 0.2) is 0 Å². The lowest BCUT2D eigenvalue weighted by atomic mass is 10.1. The zero-order chi connectivity index (χ0) is 20.1. The average Bonchev–Trinajstić information content (AvgIpc) is 2.69. The number of aliphatic hydroxyl groups excluding tert-OH is 1. The molecular formula is C20H16N2O6. The van der Waals surface area contributed by atoms with Crippen molar-refractivity contribution in [3.63, 3.8) is 0 Å². The Morgan fingerprint density at radius 2 is 2.00 bits per heavy atom. The van der Waals surface area contributed by atoms with E-state index in [1.54, 1.807) is 37.3 Å². The normalized spacial score (nSPS) is 12.2. The maximum Gasteiger partial charge on any atom is 0.362 e. The molecule has 0 unspecified atom stereocenters. The standard InChI is InChI=1S/C20H16N2O6/c1-2-27-19(25)14(17(23)12-6-4-3-5-7-12)11-22-15-10-13-16(28-20(15)26)8-9-21-18(13)24/h3-11,23H,2H2,1H3,(H,21,24)/b17-14+,22-11?. The average molecular weight is 380 g/mol. The number of nitrogens with zero attached hydrogens (tertiary/aromatic N) is 1. The third kappa shape index (κ3) is 3.90. The summed E-state index contributed by atoms with van der Waals surface area (Å²) in [5, 5.41) is 10.6. The molecule has 2 aromatic heterocycles. The minimum Gasteiger partial charge on any atom is -0.506 e. The molecule has 0 aliphatic carbocycles. The van der Waals surface area contributed by atoms with E-state index in [2.05, 4.69) is 9.98 Å². The highest BCUT2D eigenvalue weighted by molar-refractivity contribution is 6.15. The van der Waals surface area contributed by atoms with Crippen LogP contribution in [-0.2, 0) is 9.53 Å². The second kappa shape index (κ2) is 8.17. The summed E-state index contributed by atoms with van der Waals surface area (Å²) in [5.74, 6) is -1.17. The van der Waals surface area contributed by atoms with E-state index in [0.29, 0.717) is 5.56 Å². The number of benzene rings is 1. The minimum atomic E-state index is -0.810. The summed E-state index contributed by atoms with van der Waals surface area (Å²) in [5.41, 5.74) is -1.20. The van der Waals surface area contributed by atoms with Crippen molar-refractivity contribution in [3.8, 4) is 0 Å². The van der Waals surface area contributed by atoms with Gasteiger partial charge in [0, 0.05) is 18.0 Å². The van der Waals surface area contributed by atoms with Gasteiger partial charge in [-0.25, -0.2) is 14.6 Å². The molecule has 1 aromatic carbocycles. The van der Waals surface area contributed by atoms with Gasteiger partial charge in [0.2, 0.25) is 0 Å². The molecule has 0 fully saturated rings. The number of carbonyl (C=O) groups is 1. The van der Waals surface area contributed by atoms with Gasteiger partial charge in [0.1, 0.15) is 22.6 Å². The SMILES string of the molecule is CCOC(=O)/C(C=Nc1cc2c(=O)[nH]ccc2oc1=O)=C(/O)c1ccccc1. The highest BCUT2D eigenvalue weighted by Crippen LogP contribution is 2.18. The molecule has 0 radical (unpaired) electrons. The quantitative estimate of drug-likeness (QED) is 0.304. The molecular weight excluding hydrogens is 364 g/mol. The van der Waals surface area contributed by atoms with Crippen LogP contribution in [-0.4, -0.2) is 28.9 Å². The first-order valence-corrected chi connectivity index (χ1v) is 8.36. The summed E-state index contributed by atoms with van der Waals surface area (Å²) >= 11 is 0. The van der Waals surface area contributed by atoms with Gasteiger partial charge in [-0.3, -0.25) is 4.79 Å². The van der Waals surface area contributed by atoms with Crippen molar-refractivity contribution in [2.75, 3.05) is 6.61 Å². The number of aliphatic imine (C=N–C) groups is 1. The van der Waals surface area contributed by atoms with Gasteiger partial charge in [-0.2, -0.15) is 0 Å². The molecule has 8 nitrogen and oxygen atoms in total. The molecule has 0 aliphatic rings. The number of H-pyrrole nitrogens is 1. The molecule has 2 heterocycles. The molecule has 0 atom stereocenters. The Kier molecular flexibility index (Phi) is 5.50. The lowest BCUT2D eigenvalue weighted by molar-refractivity contribution is -0.137. The van der Waals surface area contributed by atoms with E-state index >= 15 is 0 Å². The van der Waals surface area contributed by atoms with Crippen LogP contribution < -0.4 is 11.2 Å². The number of pyridine rings is 1.